The van der Waals surface area contributed by atoms with E-state index in [-0.39, 0.29) is 6.79 Å². The molecule has 2 N–H and O–H groups in total. The van der Waals surface area contributed by atoms with Crippen LogP contribution in [0.1, 0.15) is 5.56 Å². The average molecular weight is 258 g/mol. The van der Waals surface area contributed by atoms with Gasteiger partial charge in [0.1, 0.15) is 5.75 Å². The van der Waals surface area contributed by atoms with Gasteiger partial charge in [-0.25, -0.2) is 0 Å². The van der Waals surface area contributed by atoms with E-state index in [0.29, 0.717) is 23.8 Å². The van der Waals surface area contributed by atoms with Crippen molar-refractivity contribution >= 4 is 0 Å². The maximum atomic E-state index is 5.57. The number of hydrogen-bond donors (Lipinski definition) is 1. The van der Waals surface area contributed by atoms with Crippen LogP contribution in [0.5, 0.6) is 17.2 Å². The average Bonchev–Trinajstić information content (AvgIpc) is 2.93. The van der Waals surface area contributed by atoms with Crippen LogP contribution in [0.4, 0.5) is 0 Å². The van der Waals surface area contributed by atoms with E-state index >= 15 is 0 Å². The van der Waals surface area contributed by atoms with Gasteiger partial charge in [-0.05, 0) is 17.7 Å². The van der Waals surface area contributed by atoms with Crippen LogP contribution in [-0.2, 0) is 6.54 Å². The molecule has 2 heterocycles. The molecule has 1 aliphatic heterocycles. The molecule has 19 heavy (non-hydrogen) atoms. The first-order chi connectivity index (χ1) is 9.31. The molecule has 1 aromatic heterocycles. The standard InChI is InChI=1S/C14H14N2O3/c1-17-12-5-14-13(18-8-19-14)4-10(12)11-3-2-9(6-15)7-16-11/h2-5,7H,6,8,15H2,1H3. The molecule has 0 spiro atoms. The van der Waals surface area contributed by atoms with Crippen molar-refractivity contribution in [3.05, 3.63) is 36.0 Å². The second-order valence-corrected chi connectivity index (χ2v) is 4.16. The minimum Gasteiger partial charge on any atom is -0.496 e. The molecule has 5 heteroatoms. The summed E-state index contributed by atoms with van der Waals surface area (Å²) in [7, 11) is 1.62. The number of aromatic nitrogens is 1. The third-order valence-electron chi connectivity index (χ3n) is 3.03. The van der Waals surface area contributed by atoms with E-state index < -0.39 is 0 Å². The van der Waals surface area contributed by atoms with Gasteiger partial charge in [-0.15, -0.1) is 0 Å². The Morgan fingerprint density at radius 3 is 2.68 bits per heavy atom. The first-order valence-electron chi connectivity index (χ1n) is 5.95. The van der Waals surface area contributed by atoms with Crippen molar-refractivity contribution in [1.29, 1.82) is 0 Å². The zero-order valence-electron chi connectivity index (χ0n) is 10.6. The summed E-state index contributed by atoms with van der Waals surface area (Å²) in [6.45, 7) is 0.715. The molecule has 0 atom stereocenters. The van der Waals surface area contributed by atoms with Crippen LogP contribution in [0.15, 0.2) is 30.5 Å². The normalized spacial score (nSPS) is 12.5. The lowest BCUT2D eigenvalue weighted by Gasteiger charge is -2.09. The van der Waals surface area contributed by atoms with Crippen LogP contribution in [-0.4, -0.2) is 18.9 Å². The number of rotatable bonds is 3. The second-order valence-electron chi connectivity index (χ2n) is 4.16. The Hall–Kier alpha value is -2.27. The van der Waals surface area contributed by atoms with Crippen molar-refractivity contribution < 1.29 is 14.2 Å². The molecule has 0 saturated heterocycles. The minimum atomic E-state index is 0.238. The Kier molecular flexibility index (Phi) is 2.97. The summed E-state index contributed by atoms with van der Waals surface area (Å²) < 4.78 is 16.1. The highest BCUT2D eigenvalue weighted by Gasteiger charge is 2.19. The summed E-state index contributed by atoms with van der Waals surface area (Å²) in [4.78, 5) is 4.40. The van der Waals surface area contributed by atoms with Crippen LogP contribution in [0, 0.1) is 0 Å². The Balaban J connectivity index is 2.07. The van der Waals surface area contributed by atoms with Gasteiger partial charge in [-0.3, -0.25) is 4.98 Å². The summed E-state index contributed by atoms with van der Waals surface area (Å²) in [6, 6.07) is 7.57. The van der Waals surface area contributed by atoms with E-state index in [0.717, 1.165) is 16.8 Å². The summed E-state index contributed by atoms with van der Waals surface area (Å²) >= 11 is 0. The Morgan fingerprint density at radius 1 is 1.26 bits per heavy atom. The fourth-order valence-electron chi connectivity index (χ4n) is 2.00. The molecular weight excluding hydrogens is 244 g/mol. The van der Waals surface area contributed by atoms with Crippen LogP contribution >= 0.6 is 0 Å². The highest BCUT2D eigenvalue weighted by Crippen LogP contribution is 2.41. The summed E-state index contributed by atoms with van der Waals surface area (Å²) in [5, 5.41) is 0. The molecular formula is C14H14N2O3. The topological polar surface area (TPSA) is 66.6 Å². The van der Waals surface area contributed by atoms with Gasteiger partial charge in [0.25, 0.3) is 0 Å². The quantitative estimate of drug-likeness (QED) is 0.911. The SMILES string of the molecule is COc1cc2c(cc1-c1ccc(CN)cn1)OCO2. The summed E-state index contributed by atoms with van der Waals surface area (Å²) in [6.07, 6.45) is 1.76. The molecule has 2 aromatic rings. The van der Waals surface area contributed by atoms with E-state index in [9.17, 15) is 0 Å². The van der Waals surface area contributed by atoms with Crippen molar-refractivity contribution in [3.63, 3.8) is 0 Å². The molecule has 0 amide bonds. The second kappa shape index (κ2) is 4.78. The molecule has 1 aromatic carbocycles. The number of ether oxygens (including phenoxy) is 3. The molecule has 0 bridgehead atoms. The molecule has 1 aliphatic rings. The van der Waals surface area contributed by atoms with Gasteiger partial charge in [0.15, 0.2) is 11.5 Å². The van der Waals surface area contributed by atoms with E-state index in [2.05, 4.69) is 4.98 Å². The Labute approximate surface area is 110 Å². The predicted molar refractivity (Wildman–Crippen MR) is 70.2 cm³/mol. The van der Waals surface area contributed by atoms with Crippen molar-refractivity contribution in [3.8, 4) is 28.5 Å². The third kappa shape index (κ3) is 2.08. The van der Waals surface area contributed by atoms with E-state index in [1.807, 2.05) is 24.3 Å². The smallest absolute Gasteiger partial charge is 0.231 e. The summed E-state index contributed by atoms with van der Waals surface area (Å²) in [5.74, 6) is 2.11. The van der Waals surface area contributed by atoms with Gasteiger partial charge in [0.2, 0.25) is 6.79 Å². The Bertz CT molecular complexity index is 596. The highest BCUT2D eigenvalue weighted by atomic mass is 16.7. The first-order valence-corrected chi connectivity index (χ1v) is 5.95. The largest absolute Gasteiger partial charge is 0.496 e. The monoisotopic (exact) mass is 258 g/mol. The predicted octanol–water partition coefficient (Wildman–Crippen LogP) is 1.94. The lowest BCUT2D eigenvalue weighted by atomic mass is 10.1. The molecule has 0 radical (unpaired) electrons. The zero-order chi connectivity index (χ0) is 13.2. The molecule has 98 valence electrons. The first kappa shape index (κ1) is 11.8. The van der Waals surface area contributed by atoms with E-state index in [1.165, 1.54) is 0 Å². The maximum Gasteiger partial charge on any atom is 0.231 e. The lowest BCUT2D eigenvalue weighted by Crippen LogP contribution is -1.97. The zero-order valence-corrected chi connectivity index (χ0v) is 10.6. The van der Waals surface area contributed by atoms with Crippen molar-refractivity contribution in [1.82, 2.24) is 4.98 Å². The van der Waals surface area contributed by atoms with Gasteiger partial charge in [0, 0.05) is 24.4 Å². The molecule has 0 fully saturated rings. The number of fused-ring (bicyclic) bond motifs is 1. The van der Waals surface area contributed by atoms with Crippen LogP contribution in [0.3, 0.4) is 0 Å². The number of nitrogens with two attached hydrogens (primary N) is 1. The fraction of sp³-hybridized carbons (Fsp3) is 0.214. The molecule has 5 nitrogen and oxygen atoms in total. The van der Waals surface area contributed by atoms with Crippen molar-refractivity contribution in [2.24, 2.45) is 5.73 Å². The van der Waals surface area contributed by atoms with Crippen LogP contribution in [0.2, 0.25) is 0 Å². The van der Waals surface area contributed by atoms with Gasteiger partial charge < -0.3 is 19.9 Å². The highest BCUT2D eigenvalue weighted by molar-refractivity contribution is 5.72. The number of nitrogens with zero attached hydrogens (tertiary/aromatic N) is 1. The van der Waals surface area contributed by atoms with Gasteiger partial charge in [-0.1, -0.05) is 6.07 Å². The van der Waals surface area contributed by atoms with Crippen molar-refractivity contribution in [2.45, 2.75) is 6.54 Å². The molecule has 3 rings (SSSR count). The minimum absolute atomic E-state index is 0.238. The van der Waals surface area contributed by atoms with Gasteiger partial charge in [0.05, 0.1) is 12.8 Å². The Morgan fingerprint density at radius 2 is 2.05 bits per heavy atom. The molecule has 0 unspecified atom stereocenters. The molecule has 0 saturated carbocycles. The lowest BCUT2D eigenvalue weighted by molar-refractivity contribution is 0.174. The third-order valence-corrected chi connectivity index (χ3v) is 3.03. The summed E-state index contributed by atoms with van der Waals surface area (Å²) in [5.41, 5.74) is 8.24. The number of benzene rings is 1. The number of methoxy groups -OCH3 is 1. The van der Waals surface area contributed by atoms with Gasteiger partial charge >= 0.3 is 0 Å². The van der Waals surface area contributed by atoms with Crippen molar-refractivity contribution in [2.75, 3.05) is 13.9 Å². The van der Waals surface area contributed by atoms with E-state index in [4.69, 9.17) is 19.9 Å². The van der Waals surface area contributed by atoms with Crippen LogP contribution in [0.25, 0.3) is 11.3 Å². The van der Waals surface area contributed by atoms with E-state index in [1.54, 1.807) is 13.3 Å². The number of hydrogen-bond acceptors (Lipinski definition) is 5. The maximum absolute atomic E-state index is 5.57. The number of pyridine rings is 1. The fourth-order valence-corrected chi connectivity index (χ4v) is 2.00. The van der Waals surface area contributed by atoms with Crippen LogP contribution < -0.4 is 19.9 Å². The van der Waals surface area contributed by atoms with Gasteiger partial charge in [-0.2, -0.15) is 0 Å². The molecule has 0 aliphatic carbocycles.